The maximum atomic E-state index is 11.9. The molecule has 0 aromatic heterocycles. The van der Waals surface area contributed by atoms with Crippen molar-refractivity contribution in [3.8, 4) is 0 Å². The van der Waals surface area contributed by atoms with E-state index in [4.69, 9.17) is 5.11 Å². The molecular formula is C11H20N2O5S. The molecule has 1 amide bonds. The van der Waals surface area contributed by atoms with Crippen molar-refractivity contribution in [1.82, 2.24) is 9.62 Å². The van der Waals surface area contributed by atoms with Crippen LogP contribution in [0.25, 0.3) is 0 Å². The molecule has 1 fully saturated rings. The lowest BCUT2D eigenvalue weighted by atomic mass is 10.1. The number of carbonyl (C=O) groups is 2. The molecule has 110 valence electrons. The number of aliphatic carboxylic acids is 1. The fraction of sp³-hybridized carbons (Fsp3) is 0.818. The van der Waals surface area contributed by atoms with E-state index in [9.17, 15) is 18.0 Å². The van der Waals surface area contributed by atoms with Gasteiger partial charge in [0, 0.05) is 13.1 Å². The molecule has 1 aliphatic rings. The molecule has 2 N–H and O–H groups in total. The fourth-order valence-corrected chi connectivity index (χ4v) is 3.18. The van der Waals surface area contributed by atoms with Crippen LogP contribution in [0.3, 0.4) is 0 Å². The highest BCUT2D eigenvalue weighted by molar-refractivity contribution is 7.88. The van der Waals surface area contributed by atoms with Crippen LogP contribution in [0.15, 0.2) is 0 Å². The Bertz CT molecular complexity index is 448. The number of amides is 1. The number of hydrogen-bond donors (Lipinski definition) is 2. The first-order valence-electron chi connectivity index (χ1n) is 6.21. The molecule has 0 bridgehead atoms. The summed E-state index contributed by atoms with van der Waals surface area (Å²) in [4.78, 5) is 22.5. The van der Waals surface area contributed by atoms with Crippen LogP contribution in [-0.2, 0) is 19.6 Å². The number of nitrogens with zero attached hydrogens (tertiary/aromatic N) is 1. The zero-order valence-corrected chi connectivity index (χ0v) is 11.9. The van der Waals surface area contributed by atoms with Gasteiger partial charge in [0.1, 0.15) is 6.04 Å². The van der Waals surface area contributed by atoms with E-state index in [1.165, 1.54) is 4.31 Å². The fourth-order valence-electron chi connectivity index (χ4n) is 2.05. The third-order valence-electron chi connectivity index (χ3n) is 3.23. The smallest absolute Gasteiger partial charge is 0.306 e. The van der Waals surface area contributed by atoms with Gasteiger partial charge in [0.25, 0.3) is 0 Å². The number of hydrogen-bond acceptors (Lipinski definition) is 4. The van der Waals surface area contributed by atoms with Crippen molar-refractivity contribution in [3.05, 3.63) is 0 Å². The van der Waals surface area contributed by atoms with E-state index in [2.05, 4.69) is 5.32 Å². The highest BCUT2D eigenvalue weighted by Gasteiger charge is 2.36. The number of nitrogens with one attached hydrogen (secondary N) is 1. The normalized spacial score (nSPS) is 22.1. The maximum absolute atomic E-state index is 11.9. The Morgan fingerprint density at radius 2 is 2.11 bits per heavy atom. The second kappa shape index (κ2) is 6.33. The summed E-state index contributed by atoms with van der Waals surface area (Å²) in [6, 6.07) is -0.657. The largest absolute Gasteiger partial charge is 0.481 e. The zero-order valence-electron chi connectivity index (χ0n) is 11.1. The predicted octanol–water partition coefficient (Wildman–Crippen LogP) is -0.363. The lowest BCUT2D eigenvalue weighted by molar-refractivity contribution is -0.141. The Balaban J connectivity index is 2.48. The lowest BCUT2D eigenvalue weighted by Crippen LogP contribution is -2.45. The molecule has 1 heterocycles. The van der Waals surface area contributed by atoms with Crippen LogP contribution in [-0.4, -0.2) is 55.1 Å². The van der Waals surface area contributed by atoms with E-state index in [0.29, 0.717) is 25.8 Å². The molecule has 1 rings (SSSR count). The van der Waals surface area contributed by atoms with Gasteiger partial charge in [-0.3, -0.25) is 9.59 Å². The van der Waals surface area contributed by atoms with Crippen molar-refractivity contribution in [2.45, 2.75) is 32.2 Å². The Morgan fingerprint density at radius 3 is 2.63 bits per heavy atom. The molecule has 7 nitrogen and oxygen atoms in total. The second-order valence-electron chi connectivity index (χ2n) is 4.85. The number of sulfonamides is 1. The molecule has 8 heteroatoms. The van der Waals surface area contributed by atoms with E-state index in [1.807, 2.05) is 0 Å². The number of carboxylic acids is 1. The molecule has 0 saturated carbocycles. The van der Waals surface area contributed by atoms with Crippen molar-refractivity contribution >= 4 is 21.9 Å². The van der Waals surface area contributed by atoms with Crippen LogP contribution < -0.4 is 5.32 Å². The summed E-state index contributed by atoms with van der Waals surface area (Å²) >= 11 is 0. The summed E-state index contributed by atoms with van der Waals surface area (Å²) in [6.07, 6.45) is 2.59. The topological polar surface area (TPSA) is 104 Å². The van der Waals surface area contributed by atoms with Crippen molar-refractivity contribution in [2.24, 2.45) is 5.92 Å². The highest BCUT2D eigenvalue weighted by atomic mass is 32.2. The number of rotatable bonds is 6. The van der Waals surface area contributed by atoms with Gasteiger partial charge in [0.05, 0.1) is 12.2 Å². The highest BCUT2D eigenvalue weighted by Crippen LogP contribution is 2.20. The summed E-state index contributed by atoms with van der Waals surface area (Å²) < 4.78 is 24.2. The SMILES string of the molecule is CC(CCNC(=O)C1CCCN1S(C)(=O)=O)C(=O)O. The van der Waals surface area contributed by atoms with Crippen LogP contribution in [0.2, 0.25) is 0 Å². The Morgan fingerprint density at radius 1 is 1.47 bits per heavy atom. The monoisotopic (exact) mass is 292 g/mol. The van der Waals surface area contributed by atoms with Crippen molar-refractivity contribution in [2.75, 3.05) is 19.3 Å². The first-order chi connectivity index (χ1) is 8.73. The molecule has 0 aliphatic carbocycles. The van der Waals surface area contributed by atoms with Gasteiger partial charge in [0.15, 0.2) is 0 Å². The minimum Gasteiger partial charge on any atom is -0.481 e. The van der Waals surface area contributed by atoms with Crippen molar-refractivity contribution in [1.29, 1.82) is 0 Å². The van der Waals surface area contributed by atoms with Gasteiger partial charge in [-0.2, -0.15) is 4.31 Å². The van der Waals surface area contributed by atoms with Crippen LogP contribution in [0.5, 0.6) is 0 Å². The first kappa shape index (κ1) is 15.9. The molecule has 19 heavy (non-hydrogen) atoms. The van der Waals surface area contributed by atoms with Gasteiger partial charge in [-0.05, 0) is 19.3 Å². The van der Waals surface area contributed by atoms with Gasteiger partial charge in [-0.25, -0.2) is 8.42 Å². The van der Waals surface area contributed by atoms with Crippen LogP contribution in [0.1, 0.15) is 26.2 Å². The van der Waals surface area contributed by atoms with Gasteiger partial charge in [-0.1, -0.05) is 6.92 Å². The summed E-state index contributed by atoms with van der Waals surface area (Å²) in [6.45, 7) is 2.16. The van der Waals surface area contributed by atoms with Gasteiger partial charge >= 0.3 is 5.97 Å². The van der Waals surface area contributed by atoms with Crippen LogP contribution in [0, 0.1) is 5.92 Å². The summed E-state index contributed by atoms with van der Waals surface area (Å²) in [5.41, 5.74) is 0. The van der Waals surface area contributed by atoms with Crippen molar-refractivity contribution in [3.63, 3.8) is 0 Å². The molecule has 2 atom stereocenters. The van der Waals surface area contributed by atoms with E-state index < -0.39 is 28.0 Å². The van der Waals surface area contributed by atoms with Gasteiger partial charge in [-0.15, -0.1) is 0 Å². The first-order valence-corrected chi connectivity index (χ1v) is 8.05. The van der Waals surface area contributed by atoms with E-state index in [1.54, 1.807) is 6.92 Å². The van der Waals surface area contributed by atoms with E-state index in [-0.39, 0.29) is 12.5 Å². The Kier molecular flexibility index (Phi) is 5.30. The third-order valence-corrected chi connectivity index (χ3v) is 4.52. The van der Waals surface area contributed by atoms with E-state index >= 15 is 0 Å². The summed E-state index contributed by atoms with van der Waals surface area (Å²) in [5.74, 6) is -1.79. The third kappa shape index (κ3) is 4.46. The standard InChI is InChI=1S/C11H20N2O5S/c1-8(11(15)16)5-6-12-10(14)9-4-3-7-13(9)19(2,17)18/h8-9H,3-7H2,1-2H3,(H,12,14)(H,15,16). The maximum Gasteiger partial charge on any atom is 0.306 e. The molecule has 2 unspecified atom stereocenters. The van der Waals surface area contributed by atoms with Gasteiger partial charge < -0.3 is 10.4 Å². The van der Waals surface area contributed by atoms with Crippen LogP contribution >= 0.6 is 0 Å². The summed E-state index contributed by atoms with van der Waals surface area (Å²) in [5, 5.41) is 11.3. The molecule has 0 aromatic carbocycles. The predicted molar refractivity (Wildman–Crippen MR) is 69.0 cm³/mol. The minimum absolute atomic E-state index is 0.237. The minimum atomic E-state index is -3.37. The molecule has 0 spiro atoms. The second-order valence-corrected chi connectivity index (χ2v) is 6.79. The Hall–Kier alpha value is -1.15. The molecule has 0 aromatic rings. The number of carbonyl (C=O) groups excluding carboxylic acids is 1. The average molecular weight is 292 g/mol. The zero-order chi connectivity index (χ0) is 14.6. The summed E-state index contributed by atoms with van der Waals surface area (Å²) in [7, 11) is -3.37. The Labute approximate surface area is 113 Å². The molecule has 1 aliphatic heterocycles. The molecular weight excluding hydrogens is 272 g/mol. The van der Waals surface area contributed by atoms with Crippen LogP contribution in [0.4, 0.5) is 0 Å². The quantitative estimate of drug-likeness (QED) is 0.695. The molecule has 0 radical (unpaired) electrons. The van der Waals surface area contributed by atoms with Gasteiger partial charge in [0.2, 0.25) is 15.9 Å². The lowest BCUT2D eigenvalue weighted by Gasteiger charge is -2.21. The number of carboxylic acid groups (broad SMARTS) is 1. The van der Waals surface area contributed by atoms with E-state index in [0.717, 1.165) is 6.26 Å². The van der Waals surface area contributed by atoms with Crippen molar-refractivity contribution < 1.29 is 23.1 Å². The molecule has 1 saturated heterocycles. The average Bonchev–Trinajstić information content (AvgIpc) is 2.76.